The molecule has 0 unspecified atom stereocenters. The van der Waals surface area contributed by atoms with E-state index in [1.165, 1.54) is 30.1 Å². The van der Waals surface area contributed by atoms with Gasteiger partial charge in [-0.05, 0) is 46.6 Å². The Morgan fingerprint density at radius 1 is 1.42 bits per heavy atom. The number of carbonyl (C=O) groups excluding carboxylic acids is 1. The Bertz CT molecular complexity index is 1110. The first-order chi connectivity index (χ1) is 12.3. The van der Waals surface area contributed by atoms with Crippen molar-refractivity contribution in [1.29, 1.82) is 0 Å². The molecule has 0 atom stereocenters. The van der Waals surface area contributed by atoms with E-state index in [4.69, 9.17) is 9.47 Å². The maximum atomic E-state index is 12.7. The van der Waals surface area contributed by atoms with E-state index in [0.717, 1.165) is 0 Å². The number of methoxy groups -OCH3 is 2. The van der Waals surface area contributed by atoms with E-state index in [0.29, 0.717) is 36.4 Å². The lowest BCUT2D eigenvalue weighted by Gasteiger charge is -2.11. The van der Waals surface area contributed by atoms with Gasteiger partial charge in [-0.1, -0.05) is 11.3 Å². The van der Waals surface area contributed by atoms with Crippen LogP contribution in [0.3, 0.4) is 0 Å². The van der Waals surface area contributed by atoms with Crippen molar-refractivity contribution in [2.24, 2.45) is 4.99 Å². The molecule has 2 aromatic rings. The van der Waals surface area contributed by atoms with Gasteiger partial charge in [-0.2, -0.15) is 0 Å². The first kappa shape index (κ1) is 18.4. The SMILES string of the molecule is COC(=O)C1=C(C)N=c2s/c(=C/c3cc(Br)c(O)c(OC)c3)c(=O)n2C1. The van der Waals surface area contributed by atoms with Crippen molar-refractivity contribution in [3.05, 3.63) is 53.1 Å². The topological polar surface area (TPSA) is 90.1 Å². The third-order valence-electron chi connectivity index (χ3n) is 3.90. The molecule has 0 bridgehead atoms. The summed E-state index contributed by atoms with van der Waals surface area (Å²) in [6.07, 6.45) is 1.69. The van der Waals surface area contributed by atoms with Crippen LogP contribution >= 0.6 is 27.3 Å². The molecule has 1 aromatic carbocycles. The second-order valence-corrected chi connectivity index (χ2v) is 7.37. The third-order valence-corrected chi connectivity index (χ3v) is 5.52. The van der Waals surface area contributed by atoms with E-state index in [1.54, 1.807) is 25.1 Å². The lowest BCUT2D eigenvalue weighted by atomic mass is 10.2. The molecule has 7 nitrogen and oxygen atoms in total. The Labute approximate surface area is 160 Å². The van der Waals surface area contributed by atoms with E-state index in [9.17, 15) is 14.7 Å². The van der Waals surface area contributed by atoms with Crippen LogP contribution in [0, 0.1) is 0 Å². The van der Waals surface area contributed by atoms with Crippen LogP contribution in [0.25, 0.3) is 6.08 Å². The second kappa shape index (κ2) is 7.08. The Hall–Kier alpha value is -2.39. The van der Waals surface area contributed by atoms with Crippen LogP contribution in [0.2, 0.25) is 0 Å². The number of halogens is 1. The summed E-state index contributed by atoms with van der Waals surface area (Å²) in [4.78, 5) is 29.4. The van der Waals surface area contributed by atoms with Gasteiger partial charge in [-0.3, -0.25) is 9.36 Å². The maximum absolute atomic E-state index is 12.7. The number of fused-ring (bicyclic) bond motifs is 1. The standard InChI is InChI=1S/C17H15BrN2O5S/c1-8-10(16(23)25-3)7-20-15(22)13(26-17(20)19-8)6-9-4-11(18)14(21)12(5-9)24-2/h4-6,21H,7H2,1-3H3/b13-6+. The summed E-state index contributed by atoms with van der Waals surface area (Å²) in [7, 11) is 2.75. The van der Waals surface area contributed by atoms with E-state index < -0.39 is 5.97 Å². The van der Waals surface area contributed by atoms with Crippen LogP contribution in [0.5, 0.6) is 11.5 Å². The van der Waals surface area contributed by atoms with E-state index in [-0.39, 0.29) is 17.9 Å². The first-order valence-corrected chi connectivity index (χ1v) is 9.11. The molecule has 26 heavy (non-hydrogen) atoms. The lowest BCUT2D eigenvalue weighted by Crippen LogP contribution is -2.35. The Balaban J connectivity index is 2.12. The van der Waals surface area contributed by atoms with Crippen molar-refractivity contribution in [3.63, 3.8) is 0 Å². The van der Waals surface area contributed by atoms with Crippen LogP contribution in [-0.4, -0.2) is 29.9 Å². The summed E-state index contributed by atoms with van der Waals surface area (Å²) in [5.74, 6) is -0.209. The highest BCUT2D eigenvalue weighted by molar-refractivity contribution is 9.10. The minimum absolute atomic E-state index is 0.00982. The summed E-state index contributed by atoms with van der Waals surface area (Å²) < 4.78 is 12.2. The van der Waals surface area contributed by atoms with Gasteiger partial charge in [-0.25, -0.2) is 9.79 Å². The number of phenolic OH excluding ortho intramolecular Hbond substituents is 1. The zero-order valence-electron chi connectivity index (χ0n) is 14.2. The van der Waals surface area contributed by atoms with Crippen molar-refractivity contribution in [3.8, 4) is 11.5 Å². The number of phenols is 1. The number of hydrogen-bond donors (Lipinski definition) is 1. The predicted octanol–water partition coefficient (Wildman–Crippen LogP) is 1.30. The normalized spacial score (nSPS) is 14.1. The molecule has 0 fully saturated rings. The number of nitrogens with zero attached hydrogens (tertiary/aromatic N) is 2. The van der Waals surface area contributed by atoms with Crippen molar-refractivity contribution in [1.82, 2.24) is 4.57 Å². The van der Waals surface area contributed by atoms with Gasteiger partial charge in [0, 0.05) is 0 Å². The van der Waals surface area contributed by atoms with Gasteiger partial charge in [0.25, 0.3) is 5.56 Å². The molecule has 0 amide bonds. The number of benzene rings is 1. The van der Waals surface area contributed by atoms with Gasteiger partial charge in [0.15, 0.2) is 16.3 Å². The van der Waals surface area contributed by atoms with Crippen molar-refractivity contribution < 1.29 is 19.4 Å². The molecular formula is C17H15BrN2O5S. The largest absolute Gasteiger partial charge is 0.503 e. The van der Waals surface area contributed by atoms with Crippen LogP contribution in [-0.2, 0) is 16.1 Å². The summed E-state index contributed by atoms with van der Waals surface area (Å²) in [5, 5.41) is 9.90. The number of carbonyl (C=O) groups is 1. The van der Waals surface area contributed by atoms with Crippen molar-refractivity contribution in [2.45, 2.75) is 13.5 Å². The molecule has 1 N–H and O–H groups in total. The minimum Gasteiger partial charge on any atom is -0.503 e. The summed E-state index contributed by atoms with van der Waals surface area (Å²) in [5.41, 5.74) is 1.34. The fourth-order valence-corrected chi connectivity index (χ4v) is 4.02. The zero-order chi connectivity index (χ0) is 19.0. The molecule has 9 heteroatoms. The molecule has 0 saturated carbocycles. The maximum Gasteiger partial charge on any atom is 0.337 e. The Kier molecular flexibility index (Phi) is 5.01. The summed E-state index contributed by atoms with van der Waals surface area (Å²) in [6, 6.07) is 3.31. The highest BCUT2D eigenvalue weighted by Crippen LogP contribution is 2.35. The summed E-state index contributed by atoms with van der Waals surface area (Å²) in [6.45, 7) is 1.84. The van der Waals surface area contributed by atoms with Gasteiger partial charge in [0.1, 0.15) is 0 Å². The molecule has 3 rings (SSSR count). The molecule has 0 radical (unpaired) electrons. The number of ether oxygens (including phenoxy) is 2. The van der Waals surface area contributed by atoms with Gasteiger partial charge in [-0.15, -0.1) is 0 Å². The highest BCUT2D eigenvalue weighted by atomic mass is 79.9. The molecule has 1 aliphatic rings. The molecule has 136 valence electrons. The molecule has 0 spiro atoms. The van der Waals surface area contributed by atoms with Gasteiger partial charge in [0.05, 0.1) is 41.0 Å². The third kappa shape index (κ3) is 3.19. The molecule has 1 aromatic heterocycles. The van der Waals surface area contributed by atoms with Crippen molar-refractivity contribution in [2.75, 3.05) is 14.2 Å². The number of thiazole rings is 1. The summed E-state index contributed by atoms with van der Waals surface area (Å²) >= 11 is 4.49. The van der Waals surface area contributed by atoms with E-state index in [1.807, 2.05) is 0 Å². The smallest absolute Gasteiger partial charge is 0.337 e. The molecule has 2 heterocycles. The Morgan fingerprint density at radius 3 is 2.81 bits per heavy atom. The van der Waals surface area contributed by atoms with Gasteiger partial charge < -0.3 is 14.6 Å². The van der Waals surface area contributed by atoms with Gasteiger partial charge >= 0.3 is 5.97 Å². The average molecular weight is 439 g/mol. The van der Waals surface area contributed by atoms with Gasteiger partial charge in [0.2, 0.25) is 0 Å². The zero-order valence-corrected chi connectivity index (χ0v) is 16.6. The van der Waals surface area contributed by atoms with E-state index in [2.05, 4.69) is 20.9 Å². The Morgan fingerprint density at radius 2 is 2.15 bits per heavy atom. The highest BCUT2D eigenvalue weighted by Gasteiger charge is 2.21. The fourth-order valence-electron chi connectivity index (χ4n) is 2.53. The average Bonchev–Trinajstić information content (AvgIpc) is 2.91. The molecule has 0 saturated heterocycles. The molecule has 0 aliphatic carbocycles. The minimum atomic E-state index is -0.493. The quantitative estimate of drug-likeness (QED) is 0.729. The fraction of sp³-hybridized carbons (Fsp3) is 0.235. The van der Waals surface area contributed by atoms with Crippen LogP contribution in [0.1, 0.15) is 12.5 Å². The molecule has 1 aliphatic heterocycles. The monoisotopic (exact) mass is 438 g/mol. The van der Waals surface area contributed by atoms with Crippen LogP contribution in [0.15, 0.2) is 37.7 Å². The number of allylic oxidation sites excluding steroid dienone is 1. The van der Waals surface area contributed by atoms with Crippen LogP contribution in [0.4, 0.5) is 0 Å². The lowest BCUT2D eigenvalue weighted by molar-refractivity contribution is -0.136. The predicted molar refractivity (Wildman–Crippen MR) is 100 cm³/mol. The first-order valence-electron chi connectivity index (χ1n) is 7.50. The van der Waals surface area contributed by atoms with Crippen LogP contribution < -0.4 is 19.6 Å². The van der Waals surface area contributed by atoms with Crippen molar-refractivity contribution >= 4 is 39.3 Å². The number of esters is 1. The number of hydrogen-bond acceptors (Lipinski definition) is 7. The number of aromatic hydroxyl groups is 1. The number of rotatable bonds is 3. The van der Waals surface area contributed by atoms with E-state index >= 15 is 0 Å². The second-order valence-electron chi connectivity index (χ2n) is 5.51. The molecular weight excluding hydrogens is 424 g/mol. The number of aromatic nitrogens is 1.